The third kappa shape index (κ3) is 2.36. The van der Waals surface area contributed by atoms with Crippen LogP contribution in [0.5, 0.6) is 11.5 Å². The summed E-state index contributed by atoms with van der Waals surface area (Å²) in [5.41, 5.74) is 5.03. The largest absolute Gasteiger partial charge is 0.454 e. The van der Waals surface area contributed by atoms with Crippen LogP contribution in [0.2, 0.25) is 0 Å². The maximum atomic E-state index is 5.37. The molecule has 1 N–H and O–H groups in total. The molecule has 0 unspecified atom stereocenters. The molecule has 0 amide bonds. The van der Waals surface area contributed by atoms with Gasteiger partial charge in [-0.1, -0.05) is 18.2 Å². The lowest BCUT2D eigenvalue weighted by molar-refractivity contribution is 0.174. The van der Waals surface area contributed by atoms with E-state index in [2.05, 4.69) is 37.4 Å². The number of aryl methyl sites for hydroxylation is 1. The van der Waals surface area contributed by atoms with Crippen molar-refractivity contribution >= 4 is 5.69 Å². The molecule has 0 aromatic heterocycles. The second kappa shape index (κ2) is 4.84. The normalized spacial score (nSPS) is 12.5. The number of anilines is 1. The van der Waals surface area contributed by atoms with Crippen molar-refractivity contribution in [2.75, 3.05) is 12.1 Å². The first kappa shape index (κ1) is 11.9. The Morgan fingerprint density at radius 2 is 1.89 bits per heavy atom. The maximum Gasteiger partial charge on any atom is 0.231 e. The molecule has 0 fully saturated rings. The summed E-state index contributed by atoms with van der Waals surface area (Å²) in [5.74, 6) is 1.63. The van der Waals surface area contributed by atoms with Gasteiger partial charge in [-0.3, -0.25) is 0 Å². The van der Waals surface area contributed by atoms with Crippen molar-refractivity contribution in [3.63, 3.8) is 0 Å². The molecule has 0 saturated heterocycles. The molecule has 0 bridgehead atoms. The van der Waals surface area contributed by atoms with Gasteiger partial charge >= 0.3 is 0 Å². The Labute approximate surface area is 113 Å². The van der Waals surface area contributed by atoms with E-state index < -0.39 is 0 Å². The molecule has 3 rings (SSSR count). The highest BCUT2D eigenvalue weighted by atomic mass is 16.7. The zero-order chi connectivity index (χ0) is 13.2. The highest BCUT2D eigenvalue weighted by Gasteiger charge is 2.13. The smallest absolute Gasteiger partial charge is 0.231 e. The summed E-state index contributed by atoms with van der Waals surface area (Å²) in [7, 11) is 0. The SMILES string of the molecule is Cc1cccc(CNc2ccc3c(c2)OCO3)c1C. The fourth-order valence-electron chi connectivity index (χ4n) is 2.21. The van der Waals surface area contributed by atoms with Crippen molar-refractivity contribution in [3.05, 3.63) is 53.1 Å². The highest BCUT2D eigenvalue weighted by molar-refractivity contribution is 5.56. The summed E-state index contributed by atoms with van der Waals surface area (Å²) in [6.07, 6.45) is 0. The van der Waals surface area contributed by atoms with Crippen molar-refractivity contribution in [1.82, 2.24) is 0 Å². The average molecular weight is 255 g/mol. The van der Waals surface area contributed by atoms with Crippen LogP contribution >= 0.6 is 0 Å². The fourth-order valence-corrected chi connectivity index (χ4v) is 2.21. The summed E-state index contributed by atoms with van der Waals surface area (Å²) in [5, 5.41) is 3.42. The second-order valence-electron chi connectivity index (χ2n) is 4.78. The molecule has 0 spiro atoms. The van der Waals surface area contributed by atoms with Crippen LogP contribution in [0.1, 0.15) is 16.7 Å². The number of benzene rings is 2. The molecule has 19 heavy (non-hydrogen) atoms. The van der Waals surface area contributed by atoms with Crippen molar-refractivity contribution in [2.45, 2.75) is 20.4 Å². The van der Waals surface area contributed by atoms with E-state index >= 15 is 0 Å². The Hall–Kier alpha value is -2.16. The summed E-state index contributed by atoms with van der Waals surface area (Å²) < 4.78 is 10.7. The molecule has 98 valence electrons. The molecule has 2 aromatic rings. The summed E-state index contributed by atoms with van der Waals surface area (Å²) in [6.45, 7) is 5.42. The minimum Gasteiger partial charge on any atom is -0.454 e. The van der Waals surface area contributed by atoms with Gasteiger partial charge in [0.25, 0.3) is 0 Å². The van der Waals surface area contributed by atoms with Gasteiger partial charge in [0.1, 0.15) is 0 Å². The van der Waals surface area contributed by atoms with E-state index in [1.54, 1.807) is 0 Å². The summed E-state index contributed by atoms with van der Waals surface area (Å²) in [6, 6.07) is 12.3. The lowest BCUT2D eigenvalue weighted by Gasteiger charge is -2.11. The molecule has 0 saturated carbocycles. The molecule has 2 aromatic carbocycles. The van der Waals surface area contributed by atoms with Gasteiger partial charge < -0.3 is 14.8 Å². The molecule has 1 aliphatic heterocycles. The Kier molecular flexibility index (Phi) is 3.03. The van der Waals surface area contributed by atoms with Crippen molar-refractivity contribution in [2.24, 2.45) is 0 Å². The number of hydrogen-bond donors (Lipinski definition) is 1. The lowest BCUT2D eigenvalue weighted by Crippen LogP contribution is -2.02. The number of hydrogen-bond acceptors (Lipinski definition) is 3. The first-order valence-corrected chi connectivity index (χ1v) is 6.42. The van der Waals surface area contributed by atoms with Gasteiger partial charge in [-0.15, -0.1) is 0 Å². The first-order valence-electron chi connectivity index (χ1n) is 6.42. The van der Waals surface area contributed by atoms with Crippen LogP contribution in [-0.4, -0.2) is 6.79 Å². The molecule has 0 atom stereocenters. The van der Waals surface area contributed by atoms with Crippen molar-refractivity contribution in [3.8, 4) is 11.5 Å². The molecule has 0 radical (unpaired) electrons. The number of ether oxygens (including phenoxy) is 2. The van der Waals surface area contributed by atoms with Crippen molar-refractivity contribution < 1.29 is 9.47 Å². The van der Waals surface area contributed by atoms with E-state index in [0.29, 0.717) is 6.79 Å². The number of rotatable bonds is 3. The van der Waals surface area contributed by atoms with Gasteiger partial charge in [0, 0.05) is 18.3 Å². The molecule has 3 heteroatoms. The van der Waals surface area contributed by atoms with Crippen LogP contribution in [0.15, 0.2) is 36.4 Å². The Morgan fingerprint density at radius 1 is 1.05 bits per heavy atom. The third-order valence-electron chi connectivity index (χ3n) is 3.57. The number of nitrogens with one attached hydrogen (secondary N) is 1. The topological polar surface area (TPSA) is 30.5 Å². The van der Waals surface area contributed by atoms with Crippen LogP contribution in [0.3, 0.4) is 0 Å². The van der Waals surface area contributed by atoms with Crippen LogP contribution in [0, 0.1) is 13.8 Å². The van der Waals surface area contributed by atoms with E-state index in [4.69, 9.17) is 9.47 Å². The van der Waals surface area contributed by atoms with Crippen LogP contribution in [-0.2, 0) is 6.54 Å². The second-order valence-corrected chi connectivity index (χ2v) is 4.78. The van der Waals surface area contributed by atoms with E-state index in [-0.39, 0.29) is 0 Å². The average Bonchev–Trinajstić information content (AvgIpc) is 2.88. The zero-order valence-corrected chi connectivity index (χ0v) is 11.2. The van der Waals surface area contributed by atoms with E-state index in [1.807, 2.05) is 18.2 Å². The van der Waals surface area contributed by atoms with E-state index in [9.17, 15) is 0 Å². The van der Waals surface area contributed by atoms with Crippen molar-refractivity contribution in [1.29, 1.82) is 0 Å². The van der Waals surface area contributed by atoms with E-state index in [1.165, 1.54) is 16.7 Å². The quantitative estimate of drug-likeness (QED) is 0.908. The van der Waals surface area contributed by atoms with Gasteiger partial charge in [0.2, 0.25) is 6.79 Å². The van der Waals surface area contributed by atoms with Crippen LogP contribution in [0.4, 0.5) is 5.69 Å². The van der Waals surface area contributed by atoms with Gasteiger partial charge in [0.05, 0.1) is 0 Å². The molecular formula is C16H17NO2. The summed E-state index contributed by atoms with van der Waals surface area (Å²) in [4.78, 5) is 0. The Bertz CT molecular complexity index is 608. The number of fused-ring (bicyclic) bond motifs is 1. The maximum absolute atomic E-state index is 5.37. The minimum atomic E-state index is 0.315. The molecule has 1 heterocycles. The van der Waals surface area contributed by atoms with Crippen LogP contribution < -0.4 is 14.8 Å². The molecule has 1 aliphatic rings. The molecule has 0 aliphatic carbocycles. The van der Waals surface area contributed by atoms with Crippen LogP contribution in [0.25, 0.3) is 0 Å². The van der Waals surface area contributed by atoms with Gasteiger partial charge in [-0.2, -0.15) is 0 Å². The Balaban J connectivity index is 1.74. The molecule has 3 nitrogen and oxygen atoms in total. The predicted molar refractivity (Wildman–Crippen MR) is 75.8 cm³/mol. The van der Waals surface area contributed by atoms with Gasteiger partial charge in [0.15, 0.2) is 11.5 Å². The monoisotopic (exact) mass is 255 g/mol. The zero-order valence-electron chi connectivity index (χ0n) is 11.2. The molecular weight excluding hydrogens is 238 g/mol. The Morgan fingerprint density at radius 3 is 2.79 bits per heavy atom. The third-order valence-corrected chi connectivity index (χ3v) is 3.57. The fraction of sp³-hybridized carbons (Fsp3) is 0.250. The predicted octanol–water partition coefficient (Wildman–Crippen LogP) is 3.64. The van der Waals surface area contributed by atoms with E-state index in [0.717, 1.165) is 23.7 Å². The first-order chi connectivity index (χ1) is 9.24. The summed E-state index contributed by atoms with van der Waals surface area (Å²) >= 11 is 0. The lowest BCUT2D eigenvalue weighted by atomic mass is 10.0. The highest BCUT2D eigenvalue weighted by Crippen LogP contribution is 2.34. The minimum absolute atomic E-state index is 0.315. The standard InChI is InChI=1S/C16H17NO2/c1-11-4-3-5-13(12(11)2)9-17-14-6-7-15-16(8-14)19-10-18-15/h3-8,17H,9-10H2,1-2H3. The van der Waals surface area contributed by atoms with Gasteiger partial charge in [-0.05, 0) is 42.7 Å². The van der Waals surface area contributed by atoms with Gasteiger partial charge in [-0.25, -0.2) is 0 Å².